The number of aliphatic carboxylic acids is 1. The van der Waals surface area contributed by atoms with E-state index < -0.39 is 11.5 Å². The van der Waals surface area contributed by atoms with Gasteiger partial charge in [0.1, 0.15) is 5.54 Å². The van der Waals surface area contributed by atoms with Crippen molar-refractivity contribution in [3.63, 3.8) is 0 Å². The lowest BCUT2D eigenvalue weighted by Gasteiger charge is -2.30. The Labute approximate surface area is 104 Å². The summed E-state index contributed by atoms with van der Waals surface area (Å²) < 4.78 is 0. The molecule has 98 valence electrons. The van der Waals surface area contributed by atoms with Crippen LogP contribution in [0.2, 0.25) is 0 Å². The molecule has 3 nitrogen and oxygen atoms in total. The average molecular weight is 239 g/mol. The summed E-state index contributed by atoms with van der Waals surface area (Å²) in [5.74, 6) is 0.0957. The van der Waals surface area contributed by atoms with E-state index in [0.717, 1.165) is 44.6 Å². The summed E-state index contributed by atoms with van der Waals surface area (Å²) >= 11 is 0. The van der Waals surface area contributed by atoms with Crippen molar-refractivity contribution in [3.05, 3.63) is 0 Å². The maximum Gasteiger partial charge on any atom is 0.323 e. The fourth-order valence-electron chi connectivity index (χ4n) is 2.80. The van der Waals surface area contributed by atoms with Gasteiger partial charge in [0.25, 0.3) is 0 Å². The maximum absolute atomic E-state index is 11.6. The van der Waals surface area contributed by atoms with E-state index in [1.165, 1.54) is 12.8 Å². The number of rotatable bonds is 4. The van der Waals surface area contributed by atoms with Gasteiger partial charge in [0.15, 0.2) is 0 Å². The molecule has 1 atom stereocenters. The highest BCUT2D eigenvalue weighted by atomic mass is 16.4. The molecular formula is C14H25NO2. The molecule has 3 heteroatoms. The first kappa shape index (κ1) is 12.9. The summed E-state index contributed by atoms with van der Waals surface area (Å²) in [6.07, 6.45) is 7.30. The fraction of sp³-hybridized carbons (Fsp3) is 0.929. The molecule has 1 unspecified atom stereocenters. The zero-order valence-electron chi connectivity index (χ0n) is 11.1. The third-order valence-corrected chi connectivity index (χ3v) is 4.52. The highest BCUT2D eigenvalue weighted by Crippen LogP contribution is 2.39. The minimum atomic E-state index is -0.643. The summed E-state index contributed by atoms with van der Waals surface area (Å²) in [6, 6.07) is 0. The van der Waals surface area contributed by atoms with Gasteiger partial charge < -0.3 is 10.4 Å². The van der Waals surface area contributed by atoms with E-state index >= 15 is 0 Å². The number of nitrogens with one attached hydrogen (secondary N) is 1. The van der Waals surface area contributed by atoms with Crippen molar-refractivity contribution in [3.8, 4) is 0 Å². The van der Waals surface area contributed by atoms with Gasteiger partial charge in [-0.3, -0.25) is 4.79 Å². The van der Waals surface area contributed by atoms with E-state index in [9.17, 15) is 9.90 Å². The minimum Gasteiger partial charge on any atom is -0.480 e. The molecule has 0 aromatic carbocycles. The molecule has 2 rings (SSSR count). The van der Waals surface area contributed by atoms with Gasteiger partial charge in [-0.05, 0) is 56.4 Å². The number of carboxylic acids is 1. The molecule has 0 aliphatic heterocycles. The second-order valence-corrected chi connectivity index (χ2v) is 6.73. The number of carbonyl (C=O) groups is 1. The van der Waals surface area contributed by atoms with Crippen molar-refractivity contribution in [2.75, 3.05) is 6.54 Å². The molecule has 2 fully saturated rings. The maximum atomic E-state index is 11.6. The predicted molar refractivity (Wildman–Crippen MR) is 68.0 cm³/mol. The van der Waals surface area contributed by atoms with Crippen LogP contribution in [0.25, 0.3) is 0 Å². The lowest BCUT2D eigenvalue weighted by molar-refractivity contribution is -0.145. The average Bonchev–Trinajstić information content (AvgIpc) is 3.03. The Kier molecular flexibility index (Phi) is 3.48. The number of carboxylic acid groups (broad SMARTS) is 1. The Bertz CT molecular complexity index is 297. The summed E-state index contributed by atoms with van der Waals surface area (Å²) in [5.41, 5.74) is -0.338. The zero-order valence-corrected chi connectivity index (χ0v) is 11.1. The van der Waals surface area contributed by atoms with E-state index in [2.05, 4.69) is 19.2 Å². The lowest BCUT2D eigenvalue weighted by atomic mass is 9.83. The molecule has 0 heterocycles. The second-order valence-electron chi connectivity index (χ2n) is 6.73. The molecule has 0 radical (unpaired) electrons. The van der Waals surface area contributed by atoms with Crippen LogP contribution in [0.15, 0.2) is 0 Å². The highest BCUT2D eigenvalue weighted by molar-refractivity contribution is 5.78. The Hall–Kier alpha value is -0.570. The fourth-order valence-corrected chi connectivity index (χ4v) is 2.80. The van der Waals surface area contributed by atoms with Gasteiger partial charge >= 0.3 is 5.97 Å². The Balaban J connectivity index is 2.01. The normalized spacial score (nSPS) is 33.1. The molecule has 17 heavy (non-hydrogen) atoms. The van der Waals surface area contributed by atoms with Crippen LogP contribution >= 0.6 is 0 Å². The summed E-state index contributed by atoms with van der Waals surface area (Å²) in [5, 5.41) is 12.9. The van der Waals surface area contributed by atoms with Crippen LogP contribution in [0.5, 0.6) is 0 Å². The van der Waals surface area contributed by atoms with E-state index in [1.807, 2.05) is 0 Å². The molecule has 0 aromatic heterocycles. The molecule has 0 amide bonds. The monoisotopic (exact) mass is 239 g/mol. The van der Waals surface area contributed by atoms with E-state index in [-0.39, 0.29) is 0 Å². The predicted octanol–water partition coefficient (Wildman–Crippen LogP) is 2.80. The molecule has 0 aromatic rings. The van der Waals surface area contributed by atoms with Gasteiger partial charge in [-0.2, -0.15) is 0 Å². The third kappa shape index (κ3) is 3.21. The Morgan fingerprint density at radius 3 is 2.53 bits per heavy atom. The van der Waals surface area contributed by atoms with Crippen molar-refractivity contribution in [2.24, 2.45) is 11.3 Å². The highest BCUT2D eigenvalue weighted by Gasteiger charge is 2.42. The summed E-state index contributed by atoms with van der Waals surface area (Å²) in [7, 11) is 0. The van der Waals surface area contributed by atoms with Crippen LogP contribution < -0.4 is 5.32 Å². The van der Waals surface area contributed by atoms with Gasteiger partial charge in [-0.1, -0.05) is 20.3 Å². The van der Waals surface area contributed by atoms with Gasteiger partial charge in [-0.15, -0.1) is 0 Å². The number of hydrogen-bond donors (Lipinski definition) is 2. The smallest absolute Gasteiger partial charge is 0.323 e. The minimum absolute atomic E-state index is 0.304. The van der Waals surface area contributed by atoms with Gasteiger partial charge in [0.05, 0.1) is 0 Å². The third-order valence-electron chi connectivity index (χ3n) is 4.52. The van der Waals surface area contributed by atoms with E-state index in [1.54, 1.807) is 0 Å². The van der Waals surface area contributed by atoms with Crippen LogP contribution in [-0.2, 0) is 4.79 Å². The first-order valence-electron chi connectivity index (χ1n) is 6.92. The zero-order chi connectivity index (χ0) is 12.5. The van der Waals surface area contributed by atoms with Gasteiger partial charge in [0, 0.05) is 0 Å². The van der Waals surface area contributed by atoms with Crippen molar-refractivity contribution >= 4 is 5.97 Å². The van der Waals surface area contributed by atoms with Crippen molar-refractivity contribution in [2.45, 2.75) is 64.3 Å². The quantitative estimate of drug-likeness (QED) is 0.742. The molecule has 0 saturated heterocycles. The van der Waals surface area contributed by atoms with Crippen LogP contribution in [0, 0.1) is 11.3 Å². The standard InChI is InChI=1S/C14H25NO2/c1-13(2)6-3-7-14(9-8-13,12(16)17)15-10-11-4-5-11/h11,15H,3-10H2,1-2H3,(H,16,17). The van der Waals surface area contributed by atoms with E-state index in [0.29, 0.717) is 5.41 Å². The van der Waals surface area contributed by atoms with Gasteiger partial charge in [0.2, 0.25) is 0 Å². The second kappa shape index (κ2) is 4.60. The van der Waals surface area contributed by atoms with Crippen LogP contribution in [-0.4, -0.2) is 23.2 Å². The Morgan fingerprint density at radius 1 is 1.24 bits per heavy atom. The molecule has 2 saturated carbocycles. The largest absolute Gasteiger partial charge is 0.480 e. The SMILES string of the molecule is CC1(C)CCCC(NCC2CC2)(C(=O)O)CC1. The molecule has 0 spiro atoms. The van der Waals surface area contributed by atoms with Gasteiger partial charge in [-0.25, -0.2) is 0 Å². The lowest BCUT2D eigenvalue weighted by Crippen LogP contribution is -2.52. The molecule has 0 bridgehead atoms. The van der Waals surface area contributed by atoms with Crippen molar-refractivity contribution < 1.29 is 9.90 Å². The molecule has 2 aliphatic rings. The topological polar surface area (TPSA) is 49.3 Å². The Morgan fingerprint density at radius 2 is 1.94 bits per heavy atom. The van der Waals surface area contributed by atoms with Crippen LogP contribution in [0.3, 0.4) is 0 Å². The van der Waals surface area contributed by atoms with Crippen LogP contribution in [0.1, 0.15) is 58.8 Å². The first-order chi connectivity index (χ1) is 7.94. The molecule has 2 N–H and O–H groups in total. The van der Waals surface area contributed by atoms with Crippen LogP contribution in [0.4, 0.5) is 0 Å². The summed E-state index contributed by atoms with van der Waals surface area (Å²) in [6.45, 7) is 5.41. The molecular weight excluding hydrogens is 214 g/mol. The number of hydrogen-bond acceptors (Lipinski definition) is 2. The molecule has 2 aliphatic carbocycles. The first-order valence-corrected chi connectivity index (χ1v) is 6.92. The summed E-state index contributed by atoms with van der Waals surface area (Å²) in [4.78, 5) is 11.6. The van der Waals surface area contributed by atoms with Crippen molar-refractivity contribution in [1.82, 2.24) is 5.32 Å². The van der Waals surface area contributed by atoms with E-state index in [4.69, 9.17) is 0 Å². The van der Waals surface area contributed by atoms with Crippen molar-refractivity contribution in [1.29, 1.82) is 0 Å².